The average Bonchev–Trinajstić information content (AvgIpc) is 3.10. The van der Waals surface area contributed by atoms with Gasteiger partial charge in [-0.25, -0.2) is 4.79 Å². The molecule has 0 radical (unpaired) electrons. The first-order valence-electron chi connectivity index (χ1n) is 9.18. The van der Waals surface area contributed by atoms with Crippen LogP contribution in [-0.2, 0) is 6.54 Å². The lowest BCUT2D eigenvalue weighted by molar-refractivity contribution is 0.149. The number of benzene rings is 1. The van der Waals surface area contributed by atoms with Crippen LogP contribution in [0.1, 0.15) is 31.2 Å². The molecule has 1 atom stereocenters. The summed E-state index contributed by atoms with van der Waals surface area (Å²) in [6.07, 6.45) is 4.19. The molecule has 1 aromatic rings. The van der Waals surface area contributed by atoms with Gasteiger partial charge < -0.3 is 15.3 Å². The number of piperidine rings is 1. The van der Waals surface area contributed by atoms with Gasteiger partial charge in [-0.1, -0.05) is 30.3 Å². The zero-order chi connectivity index (χ0) is 16.8. The van der Waals surface area contributed by atoms with Crippen LogP contribution in [0.25, 0.3) is 0 Å². The second kappa shape index (κ2) is 8.49. The minimum atomic E-state index is -0.00161. The van der Waals surface area contributed by atoms with Crippen molar-refractivity contribution in [3.8, 4) is 0 Å². The van der Waals surface area contributed by atoms with Gasteiger partial charge in [0.15, 0.2) is 0 Å². The van der Waals surface area contributed by atoms with Crippen LogP contribution in [0.3, 0.4) is 0 Å². The van der Waals surface area contributed by atoms with Gasteiger partial charge in [-0.3, -0.25) is 4.90 Å². The molecule has 5 nitrogen and oxygen atoms in total. The average molecular weight is 331 g/mol. The van der Waals surface area contributed by atoms with E-state index in [9.17, 15) is 9.90 Å². The molecule has 0 bridgehead atoms. The van der Waals surface area contributed by atoms with Crippen LogP contribution < -0.4 is 5.32 Å². The minimum Gasteiger partial charge on any atom is -0.394 e. The molecule has 0 saturated carbocycles. The molecule has 3 rings (SSSR count). The highest BCUT2D eigenvalue weighted by Gasteiger charge is 2.28. The van der Waals surface area contributed by atoms with Crippen LogP contribution >= 0.6 is 0 Å². The highest BCUT2D eigenvalue weighted by atomic mass is 16.3. The number of carbonyl (C=O) groups is 1. The summed E-state index contributed by atoms with van der Waals surface area (Å²) < 4.78 is 0. The predicted molar refractivity (Wildman–Crippen MR) is 94.7 cm³/mol. The van der Waals surface area contributed by atoms with Gasteiger partial charge in [0.2, 0.25) is 0 Å². The molecule has 2 aliphatic rings. The van der Waals surface area contributed by atoms with Crippen LogP contribution in [0.5, 0.6) is 0 Å². The Morgan fingerprint density at radius 2 is 1.88 bits per heavy atom. The third kappa shape index (κ3) is 4.48. The maximum Gasteiger partial charge on any atom is 0.317 e. The van der Waals surface area contributed by atoms with Gasteiger partial charge in [-0.2, -0.15) is 0 Å². The number of carbonyl (C=O) groups excluding carboxylic acids is 1. The number of amides is 2. The van der Waals surface area contributed by atoms with Crippen molar-refractivity contribution in [2.45, 2.75) is 38.3 Å². The Hall–Kier alpha value is -1.59. The third-order valence-corrected chi connectivity index (χ3v) is 5.35. The fraction of sp³-hybridized carbons (Fsp3) is 0.632. The van der Waals surface area contributed by atoms with Crippen LogP contribution in [0, 0.1) is 5.92 Å². The lowest BCUT2D eigenvalue weighted by Gasteiger charge is -2.32. The lowest BCUT2D eigenvalue weighted by atomic mass is 9.96. The van der Waals surface area contributed by atoms with E-state index in [0.29, 0.717) is 5.92 Å². The van der Waals surface area contributed by atoms with Crippen LogP contribution in [0.4, 0.5) is 4.79 Å². The van der Waals surface area contributed by atoms with E-state index in [-0.39, 0.29) is 18.7 Å². The van der Waals surface area contributed by atoms with Crippen molar-refractivity contribution >= 4 is 6.03 Å². The van der Waals surface area contributed by atoms with Gasteiger partial charge in [0, 0.05) is 19.6 Å². The molecule has 132 valence electrons. The van der Waals surface area contributed by atoms with Gasteiger partial charge in [0.05, 0.1) is 12.6 Å². The Morgan fingerprint density at radius 3 is 2.58 bits per heavy atom. The van der Waals surface area contributed by atoms with Crippen molar-refractivity contribution in [1.29, 1.82) is 0 Å². The van der Waals surface area contributed by atoms with Crippen molar-refractivity contribution < 1.29 is 9.90 Å². The second-order valence-electron chi connectivity index (χ2n) is 7.06. The molecule has 24 heavy (non-hydrogen) atoms. The minimum absolute atomic E-state index is 0.00161. The number of aliphatic hydroxyl groups excluding tert-OH is 1. The standard InChI is InChI=1S/C19H29N3O2/c23-15-18-7-4-10-22(18)19(24)20-13-16-8-11-21(12-9-16)14-17-5-2-1-3-6-17/h1-3,5-6,16,18,23H,4,7-15H2,(H,20,24)/t18-/m1/s1. The Kier molecular flexibility index (Phi) is 6.10. The fourth-order valence-electron chi connectivity index (χ4n) is 3.82. The number of likely N-dealkylation sites (tertiary alicyclic amines) is 2. The maximum atomic E-state index is 12.3. The summed E-state index contributed by atoms with van der Waals surface area (Å²) in [5.41, 5.74) is 1.37. The molecule has 1 aromatic carbocycles. The number of hydrogen-bond donors (Lipinski definition) is 2. The van der Waals surface area contributed by atoms with E-state index >= 15 is 0 Å². The van der Waals surface area contributed by atoms with Gasteiger partial charge >= 0.3 is 6.03 Å². The summed E-state index contributed by atoms with van der Waals surface area (Å²) in [5, 5.41) is 12.4. The molecule has 2 aliphatic heterocycles. The van der Waals surface area contributed by atoms with Crippen LogP contribution in [0.2, 0.25) is 0 Å². The number of rotatable bonds is 5. The second-order valence-corrected chi connectivity index (χ2v) is 7.06. The van der Waals surface area contributed by atoms with Gasteiger partial charge in [-0.05, 0) is 50.3 Å². The van der Waals surface area contributed by atoms with E-state index in [1.807, 2.05) is 0 Å². The van der Waals surface area contributed by atoms with E-state index in [1.165, 1.54) is 5.56 Å². The fourth-order valence-corrected chi connectivity index (χ4v) is 3.82. The molecular formula is C19H29N3O2. The molecule has 2 fully saturated rings. The molecule has 2 heterocycles. The Labute approximate surface area is 144 Å². The summed E-state index contributed by atoms with van der Waals surface area (Å²) >= 11 is 0. The first-order chi connectivity index (χ1) is 11.8. The number of nitrogens with zero attached hydrogens (tertiary/aromatic N) is 2. The highest BCUT2D eigenvalue weighted by Crippen LogP contribution is 2.20. The van der Waals surface area contributed by atoms with Crippen molar-refractivity contribution in [2.75, 3.05) is 32.8 Å². The van der Waals surface area contributed by atoms with Gasteiger partial charge in [0.1, 0.15) is 0 Å². The van der Waals surface area contributed by atoms with E-state index in [0.717, 1.165) is 58.4 Å². The molecular weight excluding hydrogens is 302 g/mol. The monoisotopic (exact) mass is 331 g/mol. The maximum absolute atomic E-state index is 12.3. The van der Waals surface area contributed by atoms with E-state index in [4.69, 9.17) is 0 Å². The topological polar surface area (TPSA) is 55.8 Å². The molecule has 2 N–H and O–H groups in total. The summed E-state index contributed by atoms with van der Waals surface area (Å²) in [7, 11) is 0. The molecule has 0 aliphatic carbocycles. The van der Waals surface area contributed by atoms with Gasteiger partial charge in [-0.15, -0.1) is 0 Å². The van der Waals surface area contributed by atoms with Crippen molar-refractivity contribution in [3.05, 3.63) is 35.9 Å². The largest absolute Gasteiger partial charge is 0.394 e. The van der Waals surface area contributed by atoms with Crippen molar-refractivity contribution in [2.24, 2.45) is 5.92 Å². The van der Waals surface area contributed by atoms with Crippen LogP contribution in [-0.4, -0.2) is 59.8 Å². The summed E-state index contributed by atoms with van der Waals surface area (Å²) in [6.45, 7) is 4.81. The predicted octanol–water partition coefficient (Wildman–Crippen LogP) is 2.06. The van der Waals surface area contributed by atoms with Gasteiger partial charge in [0.25, 0.3) is 0 Å². The van der Waals surface area contributed by atoms with Crippen molar-refractivity contribution in [3.63, 3.8) is 0 Å². The van der Waals surface area contributed by atoms with Crippen molar-refractivity contribution in [1.82, 2.24) is 15.1 Å². The Bertz CT molecular complexity index is 515. The number of nitrogens with one attached hydrogen (secondary N) is 1. The highest BCUT2D eigenvalue weighted by molar-refractivity contribution is 5.74. The SMILES string of the molecule is O=C(NCC1CCN(Cc2ccccc2)CC1)N1CCC[C@@H]1CO. The zero-order valence-corrected chi connectivity index (χ0v) is 14.4. The molecule has 0 spiro atoms. The van der Waals surface area contributed by atoms with E-state index in [1.54, 1.807) is 4.90 Å². The Morgan fingerprint density at radius 1 is 1.12 bits per heavy atom. The summed E-state index contributed by atoms with van der Waals surface area (Å²) in [6, 6.07) is 10.6. The quantitative estimate of drug-likeness (QED) is 0.868. The first-order valence-corrected chi connectivity index (χ1v) is 9.18. The lowest BCUT2D eigenvalue weighted by Crippen LogP contribution is -2.46. The smallest absolute Gasteiger partial charge is 0.317 e. The molecule has 0 unspecified atom stereocenters. The normalized spacial score (nSPS) is 22.7. The van der Waals surface area contributed by atoms with Crippen LogP contribution in [0.15, 0.2) is 30.3 Å². The van der Waals surface area contributed by atoms with E-state index < -0.39 is 0 Å². The summed E-state index contributed by atoms with van der Waals surface area (Å²) in [5.74, 6) is 0.566. The number of hydrogen-bond acceptors (Lipinski definition) is 3. The molecule has 5 heteroatoms. The first kappa shape index (κ1) is 17.2. The molecule has 0 aromatic heterocycles. The Balaban J connectivity index is 1.37. The zero-order valence-electron chi connectivity index (χ0n) is 14.4. The number of urea groups is 1. The molecule has 2 amide bonds. The third-order valence-electron chi connectivity index (χ3n) is 5.35. The summed E-state index contributed by atoms with van der Waals surface area (Å²) in [4.78, 5) is 16.5. The van der Waals surface area contributed by atoms with E-state index in [2.05, 4.69) is 40.5 Å². The number of aliphatic hydroxyl groups is 1. The molecule has 2 saturated heterocycles.